The zero-order valence-corrected chi connectivity index (χ0v) is 10.8. The van der Waals surface area contributed by atoms with Gasteiger partial charge in [-0.05, 0) is 43.5 Å². The number of carboxylic acid groups (broad SMARTS) is 1. The number of nitrogens with zero attached hydrogens (tertiary/aromatic N) is 1. The lowest BCUT2D eigenvalue weighted by Gasteiger charge is -2.17. The number of carbonyl (C=O) groups excluding carboxylic acids is 1. The summed E-state index contributed by atoms with van der Waals surface area (Å²) < 4.78 is 0. The van der Waals surface area contributed by atoms with Crippen molar-refractivity contribution in [3.05, 3.63) is 29.3 Å². The SMILES string of the molecule is NCCCCC(=O)N1CCc2ccc(C(=O)O)cc21. The van der Waals surface area contributed by atoms with Crippen LogP contribution in [0.2, 0.25) is 0 Å². The highest BCUT2D eigenvalue weighted by Gasteiger charge is 2.25. The fraction of sp³-hybridized carbons (Fsp3) is 0.429. The summed E-state index contributed by atoms with van der Waals surface area (Å²) in [6.07, 6.45) is 2.87. The van der Waals surface area contributed by atoms with Gasteiger partial charge in [-0.25, -0.2) is 4.79 Å². The molecule has 0 saturated carbocycles. The molecule has 5 heteroatoms. The van der Waals surface area contributed by atoms with Crippen molar-refractivity contribution >= 4 is 17.6 Å². The Balaban J connectivity index is 2.13. The van der Waals surface area contributed by atoms with Gasteiger partial charge in [-0.2, -0.15) is 0 Å². The van der Waals surface area contributed by atoms with E-state index < -0.39 is 5.97 Å². The largest absolute Gasteiger partial charge is 0.478 e. The molecule has 0 aromatic heterocycles. The number of rotatable bonds is 5. The Morgan fingerprint density at radius 1 is 1.32 bits per heavy atom. The van der Waals surface area contributed by atoms with Crippen molar-refractivity contribution in [2.75, 3.05) is 18.0 Å². The minimum Gasteiger partial charge on any atom is -0.478 e. The number of carbonyl (C=O) groups is 2. The summed E-state index contributed by atoms with van der Waals surface area (Å²) in [5.41, 5.74) is 7.42. The number of amides is 1. The van der Waals surface area contributed by atoms with E-state index in [1.54, 1.807) is 23.1 Å². The summed E-state index contributed by atoms with van der Waals surface area (Å²) in [5, 5.41) is 9.00. The van der Waals surface area contributed by atoms with Crippen molar-refractivity contribution in [3.8, 4) is 0 Å². The van der Waals surface area contributed by atoms with Crippen LogP contribution in [0.25, 0.3) is 0 Å². The Labute approximate surface area is 112 Å². The van der Waals surface area contributed by atoms with E-state index in [0.717, 1.165) is 30.5 Å². The summed E-state index contributed by atoms with van der Waals surface area (Å²) in [4.78, 5) is 24.8. The molecule has 0 saturated heterocycles. The first-order chi connectivity index (χ1) is 9.13. The molecule has 102 valence electrons. The summed E-state index contributed by atoms with van der Waals surface area (Å²) in [5.74, 6) is -0.917. The van der Waals surface area contributed by atoms with Crippen molar-refractivity contribution in [3.63, 3.8) is 0 Å². The fourth-order valence-electron chi connectivity index (χ4n) is 2.33. The fourth-order valence-corrected chi connectivity index (χ4v) is 2.33. The molecule has 0 atom stereocenters. The highest BCUT2D eigenvalue weighted by Crippen LogP contribution is 2.29. The molecule has 3 N–H and O–H groups in total. The minimum absolute atomic E-state index is 0.0507. The topological polar surface area (TPSA) is 83.6 Å². The molecule has 1 aliphatic rings. The molecular formula is C14H18N2O3. The Morgan fingerprint density at radius 2 is 2.11 bits per heavy atom. The second-order valence-corrected chi connectivity index (χ2v) is 4.69. The first-order valence-electron chi connectivity index (χ1n) is 6.50. The second-order valence-electron chi connectivity index (χ2n) is 4.69. The maximum atomic E-state index is 12.1. The number of hydrogen-bond acceptors (Lipinski definition) is 3. The van der Waals surface area contributed by atoms with E-state index in [4.69, 9.17) is 10.8 Å². The van der Waals surface area contributed by atoms with Crippen molar-refractivity contribution in [2.24, 2.45) is 5.73 Å². The first-order valence-corrected chi connectivity index (χ1v) is 6.50. The summed E-state index contributed by atoms with van der Waals surface area (Å²) in [6, 6.07) is 4.97. The second kappa shape index (κ2) is 5.84. The third kappa shape index (κ3) is 2.93. The van der Waals surface area contributed by atoms with Crippen LogP contribution < -0.4 is 10.6 Å². The molecule has 0 unspecified atom stereocenters. The molecule has 1 aromatic carbocycles. The zero-order valence-electron chi connectivity index (χ0n) is 10.8. The van der Waals surface area contributed by atoms with E-state index in [1.807, 2.05) is 0 Å². The van der Waals surface area contributed by atoms with Crippen LogP contribution in [-0.4, -0.2) is 30.1 Å². The molecule has 0 spiro atoms. The average Bonchev–Trinajstić information content (AvgIpc) is 2.81. The van der Waals surface area contributed by atoms with Gasteiger partial charge in [0.15, 0.2) is 0 Å². The molecule has 0 bridgehead atoms. The Hall–Kier alpha value is -1.88. The van der Waals surface area contributed by atoms with Gasteiger partial charge in [0, 0.05) is 18.7 Å². The van der Waals surface area contributed by atoms with Gasteiger partial charge in [0.2, 0.25) is 5.91 Å². The summed E-state index contributed by atoms with van der Waals surface area (Å²) in [6.45, 7) is 1.23. The lowest BCUT2D eigenvalue weighted by Crippen LogP contribution is -2.28. The predicted molar refractivity (Wildman–Crippen MR) is 72.4 cm³/mol. The quantitative estimate of drug-likeness (QED) is 0.786. The van der Waals surface area contributed by atoms with Gasteiger partial charge in [-0.3, -0.25) is 4.79 Å². The molecule has 0 radical (unpaired) electrons. The summed E-state index contributed by atoms with van der Waals surface area (Å²) in [7, 11) is 0. The molecule has 0 aliphatic carbocycles. The van der Waals surface area contributed by atoms with Crippen LogP contribution in [0.1, 0.15) is 35.2 Å². The van der Waals surface area contributed by atoms with Crippen LogP contribution in [0, 0.1) is 0 Å². The van der Waals surface area contributed by atoms with Crippen molar-refractivity contribution < 1.29 is 14.7 Å². The molecule has 2 rings (SSSR count). The van der Waals surface area contributed by atoms with Crippen LogP contribution in [0.15, 0.2) is 18.2 Å². The van der Waals surface area contributed by atoms with E-state index in [9.17, 15) is 9.59 Å². The smallest absolute Gasteiger partial charge is 0.335 e. The van der Waals surface area contributed by atoms with Crippen LogP contribution in [-0.2, 0) is 11.2 Å². The lowest BCUT2D eigenvalue weighted by atomic mass is 10.1. The molecule has 1 aromatic rings. The number of carboxylic acids is 1. The van der Waals surface area contributed by atoms with Crippen molar-refractivity contribution in [1.29, 1.82) is 0 Å². The minimum atomic E-state index is -0.967. The highest BCUT2D eigenvalue weighted by atomic mass is 16.4. The Bertz CT molecular complexity index is 499. The van der Waals surface area contributed by atoms with Gasteiger partial charge in [-0.1, -0.05) is 6.07 Å². The zero-order chi connectivity index (χ0) is 13.8. The van der Waals surface area contributed by atoms with Crippen LogP contribution in [0.4, 0.5) is 5.69 Å². The third-order valence-corrected chi connectivity index (χ3v) is 3.37. The van der Waals surface area contributed by atoms with Gasteiger partial charge < -0.3 is 15.7 Å². The number of fused-ring (bicyclic) bond motifs is 1. The Morgan fingerprint density at radius 3 is 2.79 bits per heavy atom. The van der Waals surface area contributed by atoms with Crippen LogP contribution in [0.5, 0.6) is 0 Å². The molecule has 5 nitrogen and oxygen atoms in total. The highest BCUT2D eigenvalue weighted by molar-refractivity contribution is 5.97. The third-order valence-electron chi connectivity index (χ3n) is 3.37. The molecule has 0 fully saturated rings. The number of unbranched alkanes of at least 4 members (excludes halogenated alkanes) is 1. The average molecular weight is 262 g/mol. The first kappa shape index (κ1) is 13.5. The molecular weight excluding hydrogens is 244 g/mol. The normalized spacial score (nSPS) is 13.4. The Kier molecular flexibility index (Phi) is 4.16. The van der Waals surface area contributed by atoms with E-state index in [0.29, 0.717) is 19.5 Å². The molecule has 19 heavy (non-hydrogen) atoms. The lowest BCUT2D eigenvalue weighted by molar-refractivity contribution is -0.118. The number of anilines is 1. The van der Waals surface area contributed by atoms with E-state index >= 15 is 0 Å². The number of benzene rings is 1. The predicted octanol–water partition coefficient (Wildman–Crippen LogP) is 1.40. The van der Waals surface area contributed by atoms with Gasteiger partial charge in [0.05, 0.1) is 5.56 Å². The number of aromatic carboxylic acids is 1. The van der Waals surface area contributed by atoms with E-state index in [-0.39, 0.29) is 11.5 Å². The van der Waals surface area contributed by atoms with Crippen LogP contribution in [0.3, 0.4) is 0 Å². The maximum Gasteiger partial charge on any atom is 0.335 e. The van der Waals surface area contributed by atoms with Gasteiger partial charge >= 0.3 is 5.97 Å². The van der Waals surface area contributed by atoms with Crippen molar-refractivity contribution in [2.45, 2.75) is 25.7 Å². The van der Waals surface area contributed by atoms with Gasteiger partial charge in [0.1, 0.15) is 0 Å². The number of hydrogen-bond donors (Lipinski definition) is 2. The van der Waals surface area contributed by atoms with E-state index in [2.05, 4.69) is 0 Å². The standard InChI is InChI=1S/C14H18N2O3/c15-7-2-1-3-13(17)16-8-6-10-4-5-11(14(18)19)9-12(10)16/h4-5,9H,1-3,6-8,15H2,(H,18,19). The van der Waals surface area contributed by atoms with Crippen LogP contribution >= 0.6 is 0 Å². The van der Waals surface area contributed by atoms with E-state index in [1.165, 1.54) is 0 Å². The van der Waals surface area contributed by atoms with Crippen molar-refractivity contribution in [1.82, 2.24) is 0 Å². The summed E-state index contributed by atoms with van der Waals surface area (Å²) >= 11 is 0. The van der Waals surface area contributed by atoms with Gasteiger partial charge in [-0.15, -0.1) is 0 Å². The van der Waals surface area contributed by atoms with Gasteiger partial charge in [0.25, 0.3) is 0 Å². The number of nitrogens with two attached hydrogens (primary N) is 1. The monoisotopic (exact) mass is 262 g/mol. The maximum absolute atomic E-state index is 12.1. The molecule has 1 heterocycles. The molecule has 1 aliphatic heterocycles. The molecule has 1 amide bonds.